The molecule has 0 saturated heterocycles. The van der Waals surface area contributed by atoms with E-state index in [0.717, 1.165) is 32.1 Å². The smallest absolute Gasteiger partial charge is 0.287 e. The van der Waals surface area contributed by atoms with Gasteiger partial charge in [-0.2, -0.15) is 0 Å². The summed E-state index contributed by atoms with van der Waals surface area (Å²) in [5, 5.41) is 10.6. The van der Waals surface area contributed by atoms with E-state index >= 15 is 0 Å². The summed E-state index contributed by atoms with van der Waals surface area (Å²) < 4.78 is 2.66. The Bertz CT molecular complexity index is 1520. The van der Waals surface area contributed by atoms with Crippen LogP contribution in [0.15, 0.2) is 35.6 Å². The molecule has 2 aromatic rings. The van der Waals surface area contributed by atoms with Gasteiger partial charge in [0.2, 0.25) is 17.6 Å². The van der Waals surface area contributed by atoms with Gasteiger partial charge in [0, 0.05) is 31.7 Å². The van der Waals surface area contributed by atoms with Crippen molar-refractivity contribution in [2.24, 2.45) is 18.9 Å². The van der Waals surface area contributed by atoms with Crippen molar-refractivity contribution in [3.8, 4) is 0 Å². The minimum Gasteiger partial charge on any atom is -0.350 e. The average Bonchev–Trinajstić information content (AvgIpc) is 3.53. The van der Waals surface area contributed by atoms with Crippen LogP contribution in [0.4, 0.5) is 5.69 Å². The first kappa shape index (κ1) is 30.5. The molecule has 0 aromatic carbocycles. The van der Waals surface area contributed by atoms with Crippen molar-refractivity contribution in [1.82, 2.24) is 30.1 Å². The quantitative estimate of drug-likeness (QED) is 0.203. The fraction of sp³-hybridized carbons (Fsp3) is 0.552. The molecule has 4 bridgehead atoms. The standard InChI is InChI=1S/C29H36ClN7O6/c1-3-32-26(42)22(38)7-6-19(33-25(41)21-13-31-16-36(21)2)24(40)34-20-5-4-8-37(27(20)43)14-23(39)35-28-10-17-9-18(12-28)29(30,11-17)15-28/h4-5,8,13,16-19H,3,6-7,9-12,14-15H2,1-2H3,(H,32,42)(H,33,41)(H,34,40)(H,35,39)/t17?,18?,19-,28?,29?/m0/s1. The van der Waals surface area contributed by atoms with Gasteiger partial charge in [0.15, 0.2) is 0 Å². The lowest BCUT2D eigenvalue weighted by Crippen LogP contribution is -2.52. The van der Waals surface area contributed by atoms with Gasteiger partial charge in [-0.05, 0) is 69.4 Å². The molecular weight excluding hydrogens is 578 g/mol. The van der Waals surface area contributed by atoms with Crippen LogP contribution < -0.4 is 26.8 Å². The van der Waals surface area contributed by atoms with Gasteiger partial charge in [-0.1, -0.05) is 0 Å². The molecule has 4 N–H and O–H groups in total. The van der Waals surface area contributed by atoms with Gasteiger partial charge in [-0.25, -0.2) is 4.98 Å². The molecule has 0 spiro atoms. The highest BCUT2D eigenvalue weighted by atomic mass is 35.5. The highest BCUT2D eigenvalue weighted by Gasteiger charge is 2.63. The Hall–Kier alpha value is -4.00. The van der Waals surface area contributed by atoms with Gasteiger partial charge >= 0.3 is 0 Å². The Morgan fingerprint density at radius 2 is 1.98 bits per heavy atom. The van der Waals surface area contributed by atoms with Crippen LogP contribution in [0, 0.1) is 11.8 Å². The van der Waals surface area contributed by atoms with Crippen molar-refractivity contribution in [2.75, 3.05) is 11.9 Å². The number of imidazole rings is 1. The number of alkyl halides is 1. The maximum Gasteiger partial charge on any atom is 0.287 e. The molecule has 4 unspecified atom stereocenters. The first-order valence-electron chi connectivity index (χ1n) is 14.5. The van der Waals surface area contributed by atoms with E-state index in [1.807, 2.05) is 0 Å². The summed E-state index contributed by atoms with van der Waals surface area (Å²) in [5.41, 5.74) is -0.884. The van der Waals surface area contributed by atoms with Gasteiger partial charge in [-0.15, -0.1) is 11.6 Å². The third kappa shape index (κ3) is 6.36. The van der Waals surface area contributed by atoms with E-state index in [1.54, 1.807) is 14.0 Å². The largest absolute Gasteiger partial charge is 0.350 e. The molecule has 230 valence electrons. The number of pyridine rings is 1. The van der Waals surface area contributed by atoms with Crippen LogP contribution in [0.2, 0.25) is 0 Å². The Labute approximate surface area is 253 Å². The number of anilines is 1. The van der Waals surface area contributed by atoms with Gasteiger partial charge in [-0.3, -0.25) is 28.8 Å². The fourth-order valence-corrected chi connectivity index (χ4v) is 7.77. The number of hydrogen-bond donors (Lipinski definition) is 4. The third-order valence-corrected chi connectivity index (χ3v) is 9.44. The Morgan fingerprint density at radius 3 is 2.65 bits per heavy atom. The lowest BCUT2D eigenvalue weighted by atomic mass is 9.75. The number of aryl methyl sites for hydroxylation is 1. The van der Waals surface area contributed by atoms with Crippen molar-refractivity contribution in [2.45, 2.75) is 74.9 Å². The van der Waals surface area contributed by atoms with Gasteiger partial charge in [0.1, 0.15) is 24.0 Å². The molecule has 2 heterocycles. The SMILES string of the molecule is CCNC(=O)C(=O)CC[C@H](NC(=O)c1cncn1C)C(=O)Nc1cccn(CC(=O)NC23CC4CC(C2)C(Cl)(C4)C3)c1=O. The second kappa shape index (κ2) is 11.9. The molecule has 4 fully saturated rings. The first-order valence-corrected chi connectivity index (χ1v) is 14.9. The van der Waals surface area contributed by atoms with E-state index in [-0.39, 0.29) is 53.6 Å². The van der Waals surface area contributed by atoms with E-state index in [4.69, 9.17) is 11.6 Å². The molecule has 43 heavy (non-hydrogen) atoms. The second-order valence-corrected chi connectivity index (χ2v) is 12.8. The molecule has 14 heteroatoms. The lowest BCUT2D eigenvalue weighted by molar-refractivity contribution is -0.138. The number of likely N-dealkylation sites (N-methyl/N-ethyl adjacent to an activating group) is 1. The molecule has 0 radical (unpaired) electrons. The number of ketones is 1. The summed E-state index contributed by atoms with van der Waals surface area (Å²) in [7, 11) is 1.60. The van der Waals surface area contributed by atoms with Crippen LogP contribution in [0.25, 0.3) is 0 Å². The lowest BCUT2D eigenvalue weighted by Gasteiger charge is -2.40. The molecule has 0 aliphatic heterocycles. The van der Waals surface area contributed by atoms with Crippen molar-refractivity contribution in [1.29, 1.82) is 0 Å². The molecule has 4 saturated carbocycles. The molecule has 4 aliphatic carbocycles. The van der Waals surface area contributed by atoms with Crippen LogP contribution in [0.1, 0.15) is 62.4 Å². The summed E-state index contributed by atoms with van der Waals surface area (Å²) in [6, 6.07) is 1.66. The van der Waals surface area contributed by atoms with E-state index < -0.39 is 35.1 Å². The summed E-state index contributed by atoms with van der Waals surface area (Å²) in [4.78, 5) is 80.3. The molecular formula is C29H36ClN7O6. The maximum absolute atomic E-state index is 13.3. The fourth-order valence-electron chi connectivity index (χ4n) is 7.13. The maximum atomic E-state index is 13.3. The zero-order chi connectivity index (χ0) is 30.9. The van der Waals surface area contributed by atoms with Crippen molar-refractivity contribution in [3.05, 3.63) is 46.9 Å². The number of carbonyl (C=O) groups excluding carboxylic acids is 5. The predicted octanol–water partition coefficient (Wildman–Crippen LogP) is 0.861. The van der Waals surface area contributed by atoms with Crippen molar-refractivity contribution >= 4 is 46.7 Å². The number of halogens is 1. The molecule has 5 atom stereocenters. The minimum absolute atomic E-state index is 0.104. The molecule has 13 nitrogen and oxygen atoms in total. The third-order valence-electron chi connectivity index (χ3n) is 8.84. The normalized spacial score (nSPS) is 25.7. The van der Waals surface area contributed by atoms with Crippen LogP contribution in [0.3, 0.4) is 0 Å². The van der Waals surface area contributed by atoms with Gasteiger partial charge < -0.3 is 30.4 Å². The number of amides is 4. The van der Waals surface area contributed by atoms with Gasteiger partial charge in [0.05, 0.1) is 17.4 Å². The summed E-state index contributed by atoms with van der Waals surface area (Å²) in [6.07, 6.45) is 8.24. The number of aromatic nitrogens is 3. The summed E-state index contributed by atoms with van der Waals surface area (Å²) >= 11 is 6.87. The molecule has 4 aliphatic rings. The zero-order valence-electron chi connectivity index (χ0n) is 24.2. The Balaban J connectivity index is 1.26. The molecule has 4 amide bonds. The highest BCUT2D eigenvalue weighted by molar-refractivity contribution is 6.36. The number of rotatable bonds is 12. The predicted molar refractivity (Wildman–Crippen MR) is 156 cm³/mol. The van der Waals surface area contributed by atoms with E-state index in [2.05, 4.69) is 26.3 Å². The van der Waals surface area contributed by atoms with Crippen LogP contribution in [0.5, 0.6) is 0 Å². The molecule has 6 rings (SSSR count). The monoisotopic (exact) mass is 613 g/mol. The van der Waals surface area contributed by atoms with Crippen LogP contribution in [-0.2, 0) is 32.8 Å². The van der Waals surface area contributed by atoms with E-state index in [1.165, 1.54) is 40.0 Å². The highest BCUT2D eigenvalue weighted by Crippen LogP contribution is 2.64. The number of Topliss-reactive ketones (excluding diaryl/α,β-unsaturated/α-hetero) is 1. The zero-order valence-corrected chi connectivity index (χ0v) is 24.9. The number of carbonyl (C=O) groups is 5. The summed E-state index contributed by atoms with van der Waals surface area (Å²) in [5.74, 6) is -2.32. The van der Waals surface area contributed by atoms with Crippen molar-refractivity contribution in [3.63, 3.8) is 0 Å². The van der Waals surface area contributed by atoms with E-state index in [9.17, 15) is 28.8 Å². The Morgan fingerprint density at radius 1 is 1.19 bits per heavy atom. The van der Waals surface area contributed by atoms with Crippen LogP contribution in [-0.4, -0.2) is 66.5 Å². The first-order chi connectivity index (χ1) is 20.4. The molecule has 2 aromatic heterocycles. The summed E-state index contributed by atoms with van der Waals surface area (Å²) in [6.45, 7) is 1.69. The topological polar surface area (TPSA) is 173 Å². The van der Waals surface area contributed by atoms with Crippen LogP contribution >= 0.6 is 11.6 Å². The minimum atomic E-state index is -1.26. The number of nitrogens with one attached hydrogen (secondary N) is 4. The second-order valence-electron chi connectivity index (χ2n) is 12.0. The van der Waals surface area contributed by atoms with E-state index in [0.29, 0.717) is 11.8 Å². The van der Waals surface area contributed by atoms with Crippen molar-refractivity contribution < 1.29 is 24.0 Å². The van der Waals surface area contributed by atoms with Gasteiger partial charge in [0.25, 0.3) is 17.4 Å². The number of hydrogen-bond acceptors (Lipinski definition) is 7. The average molecular weight is 614 g/mol. The Kier molecular flexibility index (Phi) is 8.46. The number of nitrogens with zero attached hydrogens (tertiary/aromatic N) is 3.